The summed E-state index contributed by atoms with van der Waals surface area (Å²) in [6.45, 7) is 4.02. The van der Waals surface area contributed by atoms with Gasteiger partial charge in [0.05, 0.1) is 17.1 Å². The summed E-state index contributed by atoms with van der Waals surface area (Å²) in [6.07, 6.45) is 3.30. The van der Waals surface area contributed by atoms with Crippen LogP contribution in [0.3, 0.4) is 0 Å². The zero-order valence-electron chi connectivity index (χ0n) is 12.5. The molecule has 2 rings (SSSR count). The highest BCUT2D eigenvalue weighted by Crippen LogP contribution is 2.21. The van der Waals surface area contributed by atoms with E-state index in [9.17, 15) is 9.59 Å². The van der Waals surface area contributed by atoms with Gasteiger partial charge < -0.3 is 11.1 Å². The van der Waals surface area contributed by atoms with Crippen LogP contribution < -0.4 is 11.1 Å². The standard InChI is InChI=1S/C13H18N6O2S/c1-3-4-5-10-15-7(2)8(22-10)6-9(20)16-13-11(12(14)21)17-19-18-13/h3-6H2,1-2H3,(H2,14,21)(H2,16,17,18,19,20). The Hall–Kier alpha value is -2.29. The van der Waals surface area contributed by atoms with Gasteiger partial charge in [-0.15, -0.1) is 21.5 Å². The lowest BCUT2D eigenvalue weighted by Gasteiger charge is -2.01. The summed E-state index contributed by atoms with van der Waals surface area (Å²) in [7, 11) is 0. The van der Waals surface area contributed by atoms with E-state index in [0.29, 0.717) is 0 Å². The number of aromatic nitrogens is 4. The lowest BCUT2D eigenvalue weighted by Crippen LogP contribution is -2.19. The van der Waals surface area contributed by atoms with Crippen LogP contribution in [0.5, 0.6) is 0 Å². The van der Waals surface area contributed by atoms with Crippen molar-refractivity contribution in [2.45, 2.75) is 39.5 Å². The van der Waals surface area contributed by atoms with Crippen molar-refractivity contribution in [3.8, 4) is 0 Å². The topological polar surface area (TPSA) is 127 Å². The van der Waals surface area contributed by atoms with Crippen molar-refractivity contribution in [2.24, 2.45) is 5.73 Å². The van der Waals surface area contributed by atoms with Crippen LogP contribution in [0, 0.1) is 6.92 Å². The van der Waals surface area contributed by atoms with Gasteiger partial charge in [0, 0.05) is 4.88 Å². The highest BCUT2D eigenvalue weighted by atomic mass is 32.1. The largest absolute Gasteiger partial charge is 0.364 e. The molecule has 0 aliphatic heterocycles. The molecule has 0 saturated heterocycles. The molecule has 0 saturated carbocycles. The summed E-state index contributed by atoms with van der Waals surface area (Å²) in [5.41, 5.74) is 5.92. The smallest absolute Gasteiger partial charge is 0.273 e. The SMILES string of the molecule is CCCCc1nc(C)c(CC(=O)Nc2n[nH]nc2C(N)=O)s1. The molecule has 118 valence electrons. The minimum atomic E-state index is -0.750. The van der Waals surface area contributed by atoms with E-state index in [2.05, 4.69) is 32.6 Å². The fourth-order valence-corrected chi connectivity index (χ4v) is 3.01. The number of anilines is 1. The Morgan fingerprint density at radius 1 is 1.36 bits per heavy atom. The van der Waals surface area contributed by atoms with Gasteiger partial charge in [-0.3, -0.25) is 9.59 Å². The fourth-order valence-electron chi connectivity index (χ4n) is 1.90. The molecule has 0 unspecified atom stereocenters. The van der Waals surface area contributed by atoms with Crippen molar-refractivity contribution in [1.29, 1.82) is 0 Å². The maximum atomic E-state index is 12.1. The van der Waals surface area contributed by atoms with Gasteiger partial charge in [0.1, 0.15) is 0 Å². The van der Waals surface area contributed by atoms with E-state index in [0.717, 1.165) is 34.8 Å². The number of hydrogen-bond acceptors (Lipinski definition) is 6. The van der Waals surface area contributed by atoms with Gasteiger partial charge in [-0.2, -0.15) is 5.21 Å². The number of carbonyl (C=O) groups excluding carboxylic acids is 2. The highest BCUT2D eigenvalue weighted by Gasteiger charge is 2.17. The second-order valence-electron chi connectivity index (χ2n) is 4.83. The predicted octanol–water partition coefficient (Wildman–Crippen LogP) is 1.19. The third-order valence-corrected chi connectivity index (χ3v) is 4.26. The number of nitrogens with one attached hydrogen (secondary N) is 2. The number of thiazole rings is 1. The van der Waals surface area contributed by atoms with Crippen molar-refractivity contribution in [3.05, 3.63) is 21.3 Å². The summed E-state index contributed by atoms with van der Waals surface area (Å²) in [4.78, 5) is 28.6. The van der Waals surface area contributed by atoms with Gasteiger partial charge in [0.15, 0.2) is 11.5 Å². The summed E-state index contributed by atoms with van der Waals surface area (Å²) in [5, 5.41) is 13.1. The van der Waals surface area contributed by atoms with Crippen LogP contribution in [-0.2, 0) is 17.6 Å². The van der Waals surface area contributed by atoms with Gasteiger partial charge in [0.2, 0.25) is 5.91 Å². The van der Waals surface area contributed by atoms with Crippen LogP contribution in [0.25, 0.3) is 0 Å². The van der Waals surface area contributed by atoms with Crippen LogP contribution in [0.1, 0.15) is 45.8 Å². The van der Waals surface area contributed by atoms with E-state index in [1.54, 1.807) is 11.3 Å². The number of primary amides is 1. The Bertz CT molecular complexity index is 678. The lowest BCUT2D eigenvalue weighted by molar-refractivity contribution is -0.115. The number of hydrogen-bond donors (Lipinski definition) is 3. The molecule has 2 heterocycles. The van der Waals surface area contributed by atoms with E-state index in [1.807, 2.05) is 6.92 Å². The molecule has 0 aromatic carbocycles. The first kappa shape index (κ1) is 16.1. The van der Waals surface area contributed by atoms with Crippen molar-refractivity contribution in [3.63, 3.8) is 0 Å². The highest BCUT2D eigenvalue weighted by molar-refractivity contribution is 7.11. The number of H-pyrrole nitrogens is 1. The average molecular weight is 322 g/mol. The van der Waals surface area contributed by atoms with Gasteiger partial charge in [-0.05, 0) is 19.8 Å². The molecule has 9 heteroatoms. The fraction of sp³-hybridized carbons (Fsp3) is 0.462. The molecule has 0 radical (unpaired) electrons. The summed E-state index contributed by atoms with van der Waals surface area (Å²) in [6, 6.07) is 0. The quantitative estimate of drug-likeness (QED) is 0.705. The number of rotatable bonds is 7. The Labute approximate surface area is 131 Å². The average Bonchev–Trinajstić information content (AvgIpc) is 3.04. The number of nitrogens with two attached hydrogens (primary N) is 1. The predicted molar refractivity (Wildman–Crippen MR) is 82.7 cm³/mol. The van der Waals surface area contributed by atoms with Gasteiger partial charge >= 0.3 is 0 Å². The van der Waals surface area contributed by atoms with Crippen LogP contribution in [0.4, 0.5) is 5.82 Å². The van der Waals surface area contributed by atoms with Crippen LogP contribution in [0.2, 0.25) is 0 Å². The number of carbonyl (C=O) groups is 2. The molecule has 8 nitrogen and oxygen atoms in total. The number of aromatic amines is 1. The summed E-state index contributed by atoms with van der Waals surface area (Å²) in [5.74, 6) is -0.990. The van der Waals surface area contributed by atoms with E-state index >= 15 is 0 Å². The minimum absolute atomic E-state index is 0.0471. The van der Waals surface area contributed by atoms with Crippen molar-refractivity contribution >= 4 is 29.0 Å². The molecule has 0 fully saturated rings. The first-order valence-electron chi connectivity index (χ1n) is 6.96. The van der Waals surface area contributed by atoms with Crippen LogP contribution >= 0.6 is 11.3 Å². The van der Waals surface area contributed by atoms with E-state index in [-0.39, 0.29) is 23.8 Å². The Morgan fingerprint density at radius 3 is 2.82 bits per heavy atom. The molecular weight excluding hydrogens is 304 g/mol. The van der Waals surface area contributed by atoms with Crippen molar-refractivity contribution < 1.29 is 9.59 Å². The van der Waals surface area contributed by atoms with E-state index in [1.165, 1.54) is 0 Å². The monoisotopic (exact) mass is 322 g/mol. The van der Waals surface area contributed by atoms with Gasteiger partial charge in [-0.25, -0.2) is 4.98 Å². The van der Waals surface area contributed by atoms with Crippen molar-refractivity contribution in [2.75, 3.05) is 5.32 Å². The third-order valence-electron chi connectivity index (χ3n) is 3.04. The number of amides is 2. The number of unbranched alkanes of at least 4 members (excludes halogenated alkanes) is 1. The normalized spacial score (nSPS) is 10.6. The zero-order valence-corrected chi connectivity index (χ0v) is 13.3. The molecule has 0 aliphatic carbocycles. The minimum Gasteiger partial charge on any atom is -0.364 e. The molecule has 0 aliphatic rings. The number of nitrogens with zero attached hydrogens (tertiary/aromatic N) is 3. The molecule has 2 amide bonds. The molecule has 22 heavy (non-hydrogen) atoms. The summed E-state index contributed by atoms with van der Waals surface area (Å²) >= 11 is 1.54. The number of aryl methyl sites for hydroxylation is 2. The Morgan fingerprint density at radius 2 is 2.14 bits per heavy atom. The van der Waals surface area contributed by atoms with Crippen LogP contribution in [0.15, 0.2) is 0 Å². The van der Waals surface area contributed by atoms with Gasteiger partial charge in [0.25, 0.3) is 5.91 Å². The Balaban J connectivity index is 2.01. The molecule has 0 atom stereocenters. The first-order valence-corrected chi connectivity index (χ1v) is 7.78. The molecule has 2 aromatic heterocycles. The maximum Gasteiger partial charge on any atom is 0.273 e. The van der Waals surface area contributed by atoms with Crippen LogP contribution in [-0.4, -0.2) is 32.2 Å². The van der Waals surface area contributed by atoms with E-state index < -0.39 is 5.91 Å². The molecular formula is C13H18N6O2S. The lowest BCUT2D eigenvalue weighted by atomic mass is 10.2. The second kappa shape index (κ2) is 7.12. The first-order chi connectivity index (χ1) is 10.5. The van der Waals surface area contributed by atoms with Gasteiger partial charge in [-0.1, -0.05) is 13.3 Å². The maximum absolute atomic E-state index is 12.1. The molecule has 2 aromatic rings. The second-order valence-corrected chi connectivity index (χ2v) is 6.00. The van der Waals surface area contributed by atoms with Crippen molar-refractivity contribution in [1.82, 2.24) is 20.4 Å². The molecule has 4 N–H and O–H groups in total. The Kier molecular flexibility index (Phi) is 5.21. The third kappa shape index (κ3) is 3.88. The summed E-state index contributed by atoms with van der Waals surface area (Å²) < 4.78 is 0. The van der Waals surface area contributed by atoms with E-state index in [4.69, 9.17) is 5.73 Å². The molecule has 0 bridgehead atoms. The zero-order chi connectivity index (χ0) is 16.1. The molecule has 0 spiro atoms.